The van der Waals surface area contributed by atoms with Gasteiger partial charge in [-0.15, -0.1) is 0 Å². The molecule has 0 aromatic heterocycles. The molecule has 30 heavy (non-hydrogen) atoms. The molecule has 1 saturated carbocycles. The maximum Gasteiger partial charge on any atom is 0.138 e. The van der Waals surface area contributed by atoms with Crippen molar-refractivity contribution >= 4 is 10.8 Å². The third-order valence-corrected chi connectivity index (χ3v) is 6.97. The van der Waals surface area contributed by atoms with Gasteiger partial charge in [-0.25, -0.2) is 4.39 Å². The maximum absolute atomic E-state index is 15.3. The van der Waals surface area contributed by atoms with Crippen LogP contribution < -0.4 is 0 Å². The zero-order valence-electron chi connectivity index (χ0n) is 18.3. The van der Waals surface area contributed by atoms with Gasteiger partial charge >= 0.3 is 0 Å². The van der Waals surface area contributed by atoms with Crippen molar-refractivity contribution in [2.45, 2.75) is 64.7 Å². The average Bonchev–Trinajstić information content (AvgIpc) is 2.80. The van der Waals surface area contributed by atoms with Gasteiger partial charge in [0.15, 0.2) is 0 Å². The molecule has 1 aliphatic rings. The van der Waals surface area contributed by atoms with Crippen LogP contribution in [-0.2, 0) is 6.42 Å². The molecular weight excluding hydrogens is 367 g/mol. The Kier molecular flexibility index (Phi) is 6.67. The second kappa shape index (κ2) is 9.60. The molecule has 3 aromatic carbocycles. The lowest BCUT2D eigenvalue weighted by atomic mass is 9.77. The summed E-state index contributed by atoms with van der Waals surface area (Å²) in [6.07, 6.45) is 12.8. The summed E-state index contributed by atoms with van der Waals surface area (Å²) in [6, 6.07) is 18.8. The van der Waals surface area contributed by atoms with Crippen LogP contribution in [0.4, 0.5) is 4.39 Å². The van der Waals surface area contributed by atoms with E-state index in [1.807, 2.05) is 19.1 Å². The van der Waals surface area contributed by atoms with Crippen molar-refractivity contribution in [3.05, 3.63) is 83.7 Å². The fourth-order valence-corrected chi connectivity index (χ4v) is 4.98. The summed E-state index contributed by atoms with van der Waals surface area (Å²) in [5, 5.41) is 1.70. The Labute approximate surface area is 180 Å². The summed E-state index contributed by atoms with van der Waals surface area (Å²) in [5.74, 6) is 1.48. The molecule has 1 aliphatic carbocycles. The number of halogens is 1. The SMILES string of the molecule is C/C=C/CCc1ccc2c(F)c(-c3ccc(C4CCC(CC)CC4)cc3)ccc2c1. The van der Waals surface area contributed by atoms with E-state index < -0.39 is 0 Å². The molecule has 0 unspecified atom stereocenters. The van der Waals surface area contributed by atoms with Crippen molar-refractivity contribution in [1.82, 2.24) is 0 Å². The monoisotopic (exact) mass is 400 g/mol. The first kappa shape index (κ1) is 20.8. The summed E-state index contributed by atoms with van der Waals surface area (Å²) < 4.78 is 15.3. The summed E-state index contributed by atoms with van der Waals surface area (Å²) in [7, 11) is 0. The van der Waals surface area contributed by atoms with E-state index in [1.54, 1.807) is 0 Å². The minimum atomic E-state index is -0.108. The fraction of sp³-hybridized carbons (Fsp3) is 0.379. The highest BCUT2D eigenvalue weighted by molar-refractivity contribution is 5.88. The number of hydrogen-bond acceptors (Lipinski definition) is 0. The van der Waals surface area contributed by atoms with Gasteiger partial charge in [-0.2, -0.15) is 0 Å². The minimum Gasteiger partial charge on any atom is -0.206 e. The van der Waals surface area contributed by atoms with Gasteiger partial charge in [-0.1, -0.05) is 80.1 Å². The Hall–Kier alpha value is -2.41. The quantitative estimate of drug-likeness (QED) is 0.362. The zero-order chi connectivity index (χ0) is 20.9. The van der Waals surface area contributed by atoms with E-state index in [4.69, 9.17) is 0 Å². The molecule has 0 N–H and O–H groups in total. The number of hydrogen-bond donors (Lipinski definition) is 0. The van der Waals surface area contributed by atoms with Gasteiger partial charge < -0.3 is 0 Å². The molecule has 156 valence electrons. The molecule has 4 rings (SSSR count). The van der Waals surface area contributed by atoms with Crippen LogP contribution in [0.2, 0.25) is 0 Å². The van der Waals surface area contributed by atoms with Gasteiger partial charge in [0, 0.05) is 10.9 Å². The highest BCUT2D eigenvalue weighted by Gasteiger charge is 2.21. The van der Waals surface area contributed by atoms with E-state index in [9.17, 15) is 0 Å². The molecule has 3 aromatic rings. The van der Waals surface area contributed by atoms with Crippen LogP contribution in [0.5, 0.6) is 0 Å². The van der Waals surface area contributed by atoms with E-state index in [0.717, 1.165) is 29.7 Å². The molecule has 0 saturated heterocycles. The molecule has 0 radical (unpaired) electrons. The van der Waals surface area contributed by atoms with Crippen molar-refractivity contribution < 1.29 is 4.39 Å². The number of allylic oxidation sites excluding steroid dienone is 2. The van der Waals surface area contributed by atoms with E-state index in [0.29, 0.717) is 16.9 Å². The van der Waals surface area contributed by atoms with Crippen LogP contribution in [-0.4, -0.2) is 0 Å². The van der Waals surface area contributed by atoms with Crippen molar-refractivity contribution in [3.8, 4) is 11.1 Å². The van der Waals surface area contributed by atoms with Crippen LogP contribution in [0.1, 0.15) is 69.4 Å². The number of fused-ring (bicyclic) bond motifs is 1. The lowest BCUT2D eigenvalue weighted by molar-refractivity contribution is 0.319. The highest BCUT2D eigenvalue weighted by atomic mass is 19.1. The Morgan fingerprint density at radius 3 is 2.40 bits per heavy atom. The van der Waals surface area contributed by atoms with E-state index in [-0.39, 0.29) is 5.82 Å². The van der Waals surface area contributed by atoms with Crippen molar-refractivity contribution in [2.24, 2.45) is 5.92 Å². The second-order valence-electron chi connectivity index (χ2n) is 8.84. The van der Waals surface area contributed by atoms with Crippen LogP contribution in [0.25, 0.3) is 21.9 Å². The predicted molar refractivity (Wildman–Crippen MR) is 127 cm³/mol. The number of aryl methyl sites for hydroxylation is 1. The van der Waals surface area contributed by atoms with Gasteiger partial charge in [0.2, 0.25) is 0 Å². The second-order valence-corrected chi connectivity index (χ2v) is 8.84. The van der Waals surface area contributed by atoms with E-state index >= 15 is 4.39 Å². The summed E-state index contributed by atoms with van der Waals surface area (Å²) in [5.41, 5.74) is 4.35. The smallest absolute Gasteiger partial charge is 0.138 e. The first-order chi connectivity index (χ1) is 14.7. The summed E-state index contributed by atoms with van der Waals surface area (Å²) in [4.78, 5) is 0. The largest absolute Gasteiger partial charge is 0.206 e. The highest BCUT2D eigenvalue weighted by Crippen LogP contribution is 2.38. The van der Waals surface area contributed by atoms with Crippen molar-refractivity contribution in [1.29, 1.82) is 0 Å². The molecule has 0 bridgehead atoms. The van der Waals surface area contributed by atoms with Crippen molar-refractivity contribution in [3.63, 3.8) is 0 Å². The Morgan fingerprint density at radius 1 is 0.933 bits per heavy atom. The molecule has 1 heteroatoms. The van der Waals surface area contributed by atoms with Gasteiger partial charge in [0.25, 0.3) is 0 Å². The third kappa shape index (κ3) is 4.51. The average molecular weight is 401 g/mol. The standard InChI is InChI=1S/C29H33F/c1-3-5-6-7-22-10-18-28-26(20-22)17-19-27(29(28)30)25-15-13-24(14-16-25)23-11-8-21(4-2)9-12-23/h3,5,10,13-21,23H,4,6-9,11-12H2,1-2H3/b5-3+. The number of rotatable bonds is 6. The molecule has 0 amide bonds. The first-order valence-electron chi connectivity index (χ1n) is 11.6. The summed E-state index contributed by atoms with van der Waals surface area (Å²) >= 11 is 0. The fourth-order valence-electron chi connectivity index (χ4n) is 4.98. The Morgan fingerprint density at radius 2 is 1.70 bits per heavy atom. The van der Waals surface area contributed by atoms with Crippen molar-refractivity contribution in [2.75, 3.05) is 0 Å². The number of benzene rings is 3. The summed E-state index contributed by atoms with van der Waals surface area (Å²) in [6.45, 7) is 4.35. The molecule has 0 spiro atoms. The lowest BCUT2D eigenvalue weighted by Crippen LogP contribution is -2.12. The van der Waals surface area contributed by atoms with Crippen LogP contribution in [0.3, 0.4) is 0 Å². The maximum atomic E-state index is 15.3. The Balaban J connectivity index is 1.54. The van der Waals surface area contributed by atoms with Crippen LogP contribution in [0.15, 0.2) is 66.7 Å². The van der Waals surface area contributed by atoms with E-state index in [2.05, 4.69) is 61.5 Å². The molecule has 1 fully saturated rings. The lowest BCUT2D eigenvalue weighted by Gasteiger charge is -2.28. The molecule has 0 aliphatic heterocycles. The zero-order valence-corrected chi connectivity index (χ0v) is 18.3. The van der Waals surface area contributed by atoms with Crippen LogP contribution in [0, 0.1) is 11.7 Å². The minimum absolute atomic E-state index is 0.108. The first-order valence-corrected chi connectivity index (χ1v) is 11.6. The van der Waals surface area contributed by atoms with Gasteiger partial charge in [0.05, 0.1) is 0 Å². The van der Waals surface area contributed by atoms with Crippen LogP contribution >= 0.6 is 0 Å². The predicted octanol–water partition coefficient (Wildman–Crippen LogP) is 8.84. The van der Waals surface area contributed by atoms with Gasteiger partial charge in [0.1, 0.15) is 5.82 Å². The third-order valence-electron chi connectivity index (χ3n) is 6.97. The van der Waals surface area contributed by atoms with Gasteiger partial charge in [-0.05, 0) is 79.4 Å². The van der Waals surface area contributed by atoms with E-state index in [1.165, 1.54) is 43.2 Å². The topological polar surface area (TPSA) is 0 Å². The molecule has 0 nitrogen and oxygen atoms in total. The normalized spacial score (nSPS) is 19.6. The Bertz CT molecular complexity index is 1000. The molecule has 0 atom stereocenters. The molecule has 0 heterocycles. The van der Waals surface area contributed by atoms with Gasteiger partial charge in [-0.3, -0.25) is 0 Å². The molecular formula is C29H33F.